The Balaban J connectivity index is 1.65. The number of rotatable bonds is 13. The number of carbonyl (C=O) groups excluding carboxylic acids is 2. The number of nitrogens with one attached hydrogen (secondary N) is 2. The van der Waals surface area contributed by atoms with E-state index < -0.39 is 12.0 Å². The van der Waals surface area contributed by atoms with E-state index in [-0.39, 0.29) is 11.8 Å². The summed E-state index contributed by atoms with van der Waals surface area (Å²) in [6, 6.07) is 3.67. The normalized spacial score (nSPS) is 14.0. The van der Waals surface area contributed by atoms with E-state index in [1.54, 1.807) is 0 Å². The minimum Gasteiger partial charge on any atom is -0.467 e. The Hall–Kier alpha value is -2.15. The largest absolute Gasteiger partial charge is 0.467 e. The molecule has 1 aromatic rings. The maximum atomic E-state index is 12.3. The van der Waals surface area contributed by atoms with Gasteiger partial charge in [0, 0.05) is 31.4 Å². The highest BCUT2D eigenvalue weighted by Gasteiger charge is 2.24. The average Bonchev–Trinajstić information content (AvgIpc) is 2.77. The van der Waals surface area contributed by atoms with Crippen molar-refractivity contribution in [2.45, 2.75) is 71.3 Å². The molecule has 0 bridgehead atoms. The SMILES string of the molecule is CCC(CC)C(=O)N[C@@H](CCCOCCCc1ccc2c(n1)NCCC2)C(=O)OC. The van der Waals surface area contributed by atoms with Crippen LogP contribution in [0.15, 0.2) is 12.1 Å². The van der Waals surface area contributed by atoms with E-state index >= 15 is 0 Å². The van der Waals surface area contributed by atoms with Crippen molar-refractivity contribution in [1.29, 1.82) is 0 Å². The van der Waals surface area contributed by atoms with Crippen LogP contribution in [0.4, 0.5) is 5.82 Å². The topological polar surface area (TPSA) is 89.5 Å². The monoisotopic (exact) mass is 419 g/mol. The molecule has 1 atom stereocenters. The van der Waals surface area contributed by atoms with E-state index in [9.17, 15) is 9.59 Å². The summed E-state index contributed by atoms with van der Waals surface area (Å²) in [4.78, 5) is 29.0. The number of fused-ring (bicyclic) bond motifs is 1. The van der Waals surface area contributed by atoms with Crippen LogP contribution in [-0.2, 0) is 31.9 Å². The molecule has 2 rings (SSSR count). The summed E-state index contributed by atoms with van der Waals surface area (Å²) in [7, 11) is 1.35. The quantitative estimate of drug-likeness (QED) is 0.377. The molecule has 7 nitrogen and oxygen atoms in total. The Kier molecular flexibility index (Phi) is 10.6. The van der Waals surface area contributed by atoms with Crippen molar-refractivity contribution in [3.05, 3.63) is 23.4 Å². The minimum atomic E-state index is -0.612. The van der Waals surface area contributed by atoms with E-state index in [4.69, 9.17) is 14.5 Å². The highest BCUT2D eigenvalue weighted by Crippen LogP contribution is 2.20. The first-order valence-corrected chi connectivity index (χ1v) is 11.3. The molecular weight excluding hydrogens is 382 g/mol. The van der Waals surface area contributed by atoms with Crippen LogP contribution in [0.2, 0.25) is 0 Å². The van der Waals surface area contributed by atoms with Crippen LogP contribution < -0.4 is 10.6 Å². The van der Waals surface area contributed by atoms with Gasteiger partial charge in [0.1, 0.15) is 11.9 Å². The van der Waals surface area contributed by atoms with Gasteiger partial charge in [-0.15, -0.1) is 0 Å². The fourth-order valence-corrected chi connectivity index (χ4v) is 3.70. The van der Waals surface area contributed by atoms with E-state index in [1.807, 2.05) is 13.8 Å². The van der Waals surface area contributed by atoms with Crippen molar-refractivity contribution in [2.75, 3.05) is 32.2 Å². The summed E-state index contributed by atoms with van der Waals surface area (Å²) in [6.07, 6.45) is 6.76. The molecule has 0 aromatic carbocycles. The number of methoxy groups -OCH3 is 1. The van der Waals surface area contributed by atoms with Crippen LogP contribution in [0, 0.1) is 5.92 Å². The van der Waals surface area contributed by atoms with Crippen molar-refractivity contribution >= 4 is 17.7 Å². The number of nitrogens with zero attached hydrogens (tertiary/aromatic N) is 1. The number of esters is 1. The molecule has 168 valence electrons. The standard InChI is InChI=1S/C23H37N3O4/c1-4-17(5-2)22(27)26-20(23(28)29-3)11-8-16-30-15-7-10-19-13-12-18-9-6-14-24-21(18)25-19/h12-13,17,20H,4-11,14-16H2,1-3H3,(H,24,25)(H,26,27)/t20-/m0/s1. The van der Waals surface area contributed by atoms with Crippen LogP contribution in [0.25, 0.3) is 0 Å². The molecule has 1 aliphatic rings. The molecule has 2 heterocycles. The predicted molar refractivity (Wildman–Crippen MR) is 117 cm³/mol. The second-order valence-corrected chi connectivity index (χ2v) is 7.80. The second-order valence-electron chi connectivity index (χ2n) is 7.80. The van der Waals surface area contributed by atoms with Crippen molar-refractivity contribution in [3.63, 3.8) is 0 Å². The lowest BCUT2D eigenvalue weighted by molar-refractivity contribution is -0.146. The van der Waals surface area contributed by atoms with Crippen LogP contribution in [0.1, 0.15) is 63.6 Å². The zero-order chi connectivity index (χ0) is 21.8. The maximum absolute atomic E-state index is 12.3. The Morgan fingerprint density at radius 1 is 1.20 bits per heavy atom. The number of aromatic nitrogens is 1. The number of ether oxygens (including phenoxy) is 2. The van der Waals surface area contributed by atoms with Crippen LogP contribution in [0.3, 0.4) is 0 Å². The highest BCUT2D eigenvalue weighted by molar-refractivity contribution is 5.85. The third-order valence-electron chi connectivity index (χ3n) is 5.61. The molecular formula is C23H37N3O4. The van der Waals surface area contributed by atoms with E-state index in [1.165, 1.54) is 19.1 Å². The lowest BCUT2D eigenvalue weighted by Crippen LogP contribution is -2.44. The summed E-state index contributed by atoms with van der Waals surface area (Å²) in [6.45, 7) is 6.15. The molecule has 0 radical (unpaired) electrons. The highest BCUT2D eigenvalue weighted by atomic mass is 16.5. The maximum Gasteiger partial charge on any atom is 0.328 e. The van der Waals surface area contributed by atoms with Gasteiger partial charge in [0.25, 0.3) is 0 Å². The van der Waals surface area contributed by atoms with E-state index in [2.05, 4.69) is 22.8 Å². The van der Waals surface area contributed by atoms with Crippen molar-refractivity contribution in [1.82, 2.24) is 10.3 Å². The number of anilines is 1. The molecule has 0 unspecified atom stereocenters. The lowest BCUT2D eigenvalue weighted by atomic mass is 10.0. The van der Waals surface area contributed by atoms with Gasteiger partial charge in [-0.25, -0.2) is 9.78 Å². The first-order chi connectivity index (χ1) is 14.6. The van der Waals surface area contributed by atoms with Gasteiger partial charge in [0.15, 0.2) is 0 Å². The minimum absolute atomic E-state index is 0.0687. The number of pyridine rings is 1. The Morgan fingerprint density at radius 3 is 2.70 bits per heavy atom. The smallest absolute Gasteiger partial charge is 0.328 e. The van der Waals surface area contributed by atoms with E-state index in [0.717, 1.165) is 50.2 Å². The van der Waals surface area contributed by atoms with Crippen LogP contribution in [-0.4, -0.2) is 49.8 Å². The van der Waals surface area contributed by atoms with Crippen molar-refractivity contribution < 1.29 is 19.1 Å². The Labute approximate surface area is 180 Å². The predicted octanol–water partition coefficient (Wildman–Crippen LogP) is 3.26. The van der Waals surface area contributed by atoms with Gasteiger partial charge < -0.3 is 20.1 Å². The molecule has 1 aliphatic heterocycles. The van der Waals surface area contributed by atoms with Gasteiger partial charge in [0.05, 0.1) is 7.11 Å². The van der Waals surface area contributed by atoms with Crippen molar-refractivity contribution in [2.24, 2.45) is 5.92 Å². The molecule has 1 amide bonds. The summed E-state index contributed by atoms with van der Waals surface area (Å²) in [5.74, 6) is 0.481. The number of aryl methyl sites for hydroxylation is 2. The van der Waals surface area contributed by atoms with Gasteiger partial charge in [0.2, 0.25) is 5.91 Å². The number of hydrogen-bond donors (Lipinski definition) is 2. The molecule has 0 spiro atoms. The summed E-state index contributed by atoms with van der Waals surface area (Å²) in [5.41, 5.74) is 2.39. The fourth-order valence-electron chi connectivity index (χ4n) is 3.70. The van der Waals surface area contributed by atoms with Gasteiger partial charge >= 0.3 is 5.97 Å². The Morgan fingerprint density at radius 2 is 1.97 bits per heavy atom. The first-order valence-electron chi connectivity index (χ1n) is 11.3. The third kappa shape index (κ3) is 7.59. The van der Waals surface area contributed by atoms with Crippen LogP contribution >= 0.6 is 0 Å². The molecule has 0 saturated carbocycles. The summed E-state index contributed by atoms with van der Waals surface area (Å²) in [5, 5.41) is 6.20. The summed E-state index contributed by atoms with van der Waals surface area (Å²) < 4.78 is 10.6. The van der Waals surface area contributed by atoms with Gasteiger partial charge in [-0.1, -0.05) is 19.9 Å². The van der Waals surface area contributed by atoms with E-state index in [0.29, 0.717) is 26.1 Å². The number of hydrogen-bond acceptors (Lipinski definition) is 6. The molecule has 0 saturated heterocycles. The zero-order valence-electron chi connectivity index (χ0n) is 18.7. The molecule has 0 fully saturated rings. The van der Waals surface area contributed by atoms with Crippen LogP contribution in [0.5, 0.6) is 0 Å². The second kappa shape index (κ2) is 13.2. The number of carbonyl (C=O) groups is 2. The van der Waals surface area contributed by atoms with Gasteiger partial charge in [-0.2, -0.15) is 0 Å². The molecule has 2 N–H and O–H groups in total. The fraction of sp³-hybridized carbons (Fsp3) is 0.696. The molecule has 0 aliphatic carbocycles. The van der Waals surface area contributed by atoms with Crippen molar-refractivity contribution in [3.8, 4) is 0 Å². The average molecular weight is 420 g/mol. The van der Waals surface area contributed by atoms with Gasteiger partial charge in [-0.05, 0) is 63.0 Å². The zero-order valence-corrected chi connectivity index (χ0v) is 18.7. The summed E-state index contributed by atoms with van der Waals surface area (Å²) >= 11 is 0. The number of amides is 1. The third-order valence-corrected chi connectivity index (χ3v) is 5.61. The Bertz CT molecular complexity index is 676. The molecule has 30 heavy (non-hydrogen) atoms. The molecule has 1 aromatic heterocycles. The van der Waals surface area contributed by atoms with Gasteiger partial charge in [-0.3, -0.25) is 4.79 Å². The first kappa shape index (κ1) is 24.1. The lowest BCUT2D eigenvalue weighted by Gasteiger charge is -2.20. The molecule has 7 heteroatoms.